The first kappa shape index (κ1) is 36.3. The third-order valence-electron chi connectivity index (χ3n) is 4.66. The summed E-state index contributed by atoms with van der Waals surface area (Å²) in [6.45, 7) is 4.62. The fourth-order valence-corrected chi connectivity index (χ4v) is 4.47. The van der Waals surface area contributed by atoms with Crippen molar-refractivity contribution in [3.05, 3.63) is 95.0 Å². The molecule has 4 aromatic rings. The molecule has 0 aliphatic carbocycles. The minimum absolute atomic E-state index is 0. The van der Waals surface area contributed by atoms with Gasteiger partial charge in [-0.25, -0.2) is 0 Å². The first-order valence-electron chi connectivity index (χ1n) is 10.9. The minimum Gasteiger partial charge on any atom is -0.494 e. The fraction of sp³-hybridized carbons (Fsp3) is 0.148. The predicted molar refractivity (Wildman–Crippen MR) is 177 cm³/mol. The Labute approximate surface area is 254 Å². The van der Waals surface area contributed by atoms with E-state index in [1.165, 1.54) is 30.5 Å². The number of nitrogens with zero attached hydrogens (tertiary/aromatic N) is 1. The maximum Gasteiger partial charge on any atom is 0.269 e. The standard InChI is InChI=1S/C24H21N3O3S2.CH3Cl.CH2O.CH4.H2S2/c1-2-30-18-9-13-20(14-10-18)32-26-24-16-15-23(21-5-3-4-6-22(21)24)25-31-19-11-7-17(8-12-19)27(28)29;2*1-2;;1-2/h3-16,25-26H,2H2,1H3;1H3;1H2;1H4;1-2H. The van der Waals surface area contributed by atoms with Gasteiger partial charge in [0, 0.05) is 39.1 Å². The van der Waals surface area contributed by atoms with Crippen LogP contribution in [-0.2, 0) is 4.79 Å². The molecule has 0 heterocycles. The van der Waals surface area contributed by atoms with Gasteiger partial charge >= 0.3 is 0 Å². The van der Waals surface area contributed by atoms with E-state index in [4.69, 9.17) is 9.53 Å². The third kappa shape index (κ3) is 11.5. The summed E-state index contributed by atoms with van der Waals surface area (Å²) in [7, 11) is 0. The van der Waals surface area contributed by atoms with E-state index in [2.05, 4.69) is 56.5 Å². The van der Waals surface area contributed by atoms with E-state index >= 15 is 0 Å². The number of rotatable bonds is 9. The highest BCUT2D eigenvalue weighted by Crippen LogP contribution is 2.35. The van der Waals surface area contributed by atoms with Crippen LogP contribution in [0, 0.1) is 10.1 Å². The van der Waals surface area contributed by atoms with Gasteiger partial charge in [0.2, 0.25) is 0 Å². The predicted octanol–water partition coefficient (Wildman–Crippen LogP) is 9.45. The molecule has 0 amide bonds. The molecule has 39 heavy (non-hydrogen) atoms. The molecule has 0 saturated carbocycles. The molecule has 0 aliphatic heterocycles. The van der Waals surface area contributed by atoms with Gasteiger partial charge in [-0.3, -0.25) is 10.1 Å². The molecule has 0 bridgehead atoms. The Balaban J connectivity index is 0.00000193. The van der Waals surface area contributed by atoms with Crippen molar-refractivity contribution in [1.82, 2.24) is 0 Å². The molecular weight excluding hydrogens is 594 g/mol. The topological polar surface area (TPSA) is 93.5 Å². The Morgan fingerprint density at radius 3 is 1.62 bits per heavy atom. The molecule has 0 radical (unpaired) electrons. The number of anilines is 2. The Kier molecular flexibility index (Phi) is 19.7. The number of non-ortho nitro benzene ring substituents is 1. The summed E-state index contributed by atoms with van der Waals surface area (Å²) in [4.78, 5) is 20.4. The van der Waals surface area contributed by atoms with Gasteiger partial charge in [-0.2, -0.15) is 0 Å². The molecule has 0 fully saturated rings. The van der Waals surface area contributed by atoms with E-state index in [-0.39, 0.29) is 13.1 Å². The Bertz CT molecular complexity index is 1250. The zero-order valence-corrected chi connectivity index (χ0v) is 24.8. The molecule has 4 aromatic carbocycles. The van der Waals surface area contributed by atoms with Crippen LogP contribution in [0.2, 0.25) is 0 Å². The van der Waals surface area contributed by atoms with Gasteiger partial charge in [-0.1, -0.05) is 31.7 Å². The van der Waals surface area contributed by atoms with Crippen LogP contribution in [0.4, 0.5) is 17.1 Å². The number of hydrogen-bond acceptors (Lipinski definition) is 10. The van der Waals surface area contributed by atoms with E-state index < -0.39 is 4.92 Å². The number of halogens is 1. The lowest BCUT2D eigenvalue weighted by Gasteiger charge is -2.14. The number of hydrogen-bond donors (Lipinski definition) is 4. The van der Waals surface area contributed by atoms with Gasteiger partial charge in [0.05, 0.1) is 22.9 Å². The Morgan fingerprint density at radius 1 is 0.821 bits per heavy atom. The maximum absolute atomic E-state index is 10.8. The van der Waals surface area contributed by atoms with E-state index in [0.717, 1.165) is 37.7 Å². The second-order valence-electron chi connectivity index (χ2n) is 6.77. The van der Waals surface area contributed by atoms with Crippen LogP contribution >= 0.6 is 58.8 Å². The average molecular weight is 626 g/mol. The van der Waals surface area contributed by atoms with Crippen molar-refractivity contribution in [3.63, 3.8) is 0 Å². The highest BCUT2D eigenvalue weighted by Gasteiger charge is 2.08. The van der Waals surface area contributed by atoms with Crippen molar-refractivity contribution >= 4 is 93.4 Å². The number of benzene rings is 4. The number of carbonyl (C=O) groups excluding carboxylic acids is 1. The van der Waals surface area contributed by atoms with E-state index in [9.17, 15) is 10.1 Å². The van der Waals surface area contributed by atoms with Gasteiger partial charge in [0.15, 0.2) is 0 Å². The molecule has 7 nitrogen and oxygen atoms in total. The Morgan fingerprint density at radius 2 is 1.23 bits per heavy atom. The first-order valence-corrected chi connectivity index (χ1v) is 14.8. The molecule has 0 unspecified atom stereocenters. The average Bonchev–Trinajstić information content (AvgIpc) is 2.99. The van der Waals surface area contributed by atoms with Crippen molar-refractivity contribution in [3.8, 4) is 5.75 Å². The fourth-order valence-electron chi connectivity index (χ4n) is 3.11. The molecule has 2 N–H and O–H groups in total. The highest BCUT2D eigenvalue weighted by molar-refractivity contribution is 8.59. The molecule has 12 heteroatoms. The number of thiol groups is 2. The van der Waals surface area contributed by atoms with Crippen molar-refractivity contribution in [2.45, 2.75) is 24.1 Å². The van der Waals surface area contributed by atoms with Crippen molar-refractivity contribution in [1.29, 1.82) is 0 Å². The zero-order valence-electron chi connectivity index (χ0n) is 20.7. The minimum atomic E-state index is -0.396. The van der Waals surface area contributed by atoms with Gasteiger partial charge in [0.1, 0.15) is 12.5 Å². The summed E-state index contributed by atoms with van der Waals surface area (Å²) in [6.07, 6.45) is 1.47. The monoisotopic (exact) mass is 625 g/mol. The van der Waals surface area contributed by atoms with E-state index in [0.29, 0.717) is 6.61 Å². The van der Waals surface area contributed by atoms with E-state index in [1.807, 2.05) is 62.2 Å². The quantitative estimate of drug-likeness (QED) is 0.0365. The van der Waals surface area contributed by atoms with Gasteiger partial charge in [-0.05, 0) is 79.4 Å². The number of alkyl halides is 1. The highest BCUT2D eigenvalue weighted by atomic mass is 35.5. The summed E-state index contributed by atoms with van der Waals surface area (Å²) in [5.74, 6) is 0.864. The van der Waals surface area contributed by atoms with Crippen LogP contribution in [0.25, 0.3) is 10.8 Å². The van der Waals surface area contributed by atoms with Crippen LogP contribution in [-0.4, -0.2) is 24.7 Å². The molecular formula is C27H32ClN3O4S4. The number of carbonyl (C=O) groups is 1. The number of nitro benzene ring substituents is 1. The second-order valence-corrected chi connectivity index (χ2v) is 8.53. The molecule has 210 valence electrons. The van der Waals surface area contributed by atoms with Gasteiger partial charge < -0.3 is 19.0 Å². The number of nitrogens with one attached hydrogen (secondary N) is 2. The molecule has 0 spiro atoms. The van der Waals surface area contributed by atoms with Crippen molar-refractivity contribution in [2.75, 3.05) is 22.4 Å². The molecule has 0 saturated heterocycles. The van der Waals surface area contributed by atoms with Crippen molar-refractivity contribution < 1.29 is 14.5 Å². The van der Waals surface area contributed by atoms with Crippen LogP contribution in [0.15, 0.2) is 94.7 Å². The van der Waals surface area contributed by atoms with E-state index in [1.54, 1.807) is 24.1 Å². The largest absolute Gasteiger partial charge is 0.494 e. The first-order chi connectivity index (χ1) is 18.6. The smallest absolute Gasteiger partial charge is 0.269 e. The lowest BCUT2D eigenvalue weighted by Crippen LogP contribution is -1.93. The summed E-state index contributed by atoms with van der Waals surface area (Å²) in [5, 5.41) is 13.0. The second kappa shape index (κ2) is 21.2. The lowest BCUT2D eigenvalue weighted by atomic mass is 10.1. The number of fused-ring (bicyclic) bond motifs is 1. The summed E-state index contributed by atoms with van der Waals surface area (Å²) in [5.41, 5.74) is 2.08. The molecule has 0 aromatic heterocycles. The normalized spacial score (nSPS) is 9.15. The van der Waals surface area contributed by atoms with Crippen LogP contribution in [0.3, 0.4) is 0 Å². The molecule has 0 aliphatic rings. The lowest BCUT2D eigenvalue weighted by molar-refractivity contribution is -0.384. The maximum atomic E-state index is 10.8. The molecule has 4 rings (SSSR count). The number of ether oxygens (including phenoxy) is 1. The third-order valence-corrected chi connectivity index (χ3v) is 6.32. The Hall–Kier alpha value is -2.70. The van der Waals surface area contributed by atoms with Gasteiger partial charge in [-0.15, -0.1) is 34.9 Å². The van der Waals surface area contributed by atoms with Crippen LogP contribution in [0.5, 0.6) is 5.75 Å². The van der Waals surface area contributed by atoms with Crippen molar-refractivity contribution in [2.24, 2.45) is 0 Å². The zero-order chi connectivity index (χ0) is 28.3. The van der Waals surface area contributed by atoms with Crippen LogP contribution < -0.4 is 14.2 Å². The summed E-state index contributed by atoms with van der Waals surface area (Å²) < 4.78 is 12.3. The number of nitro groups is 1. The van der Waals surface area contributed by atoms with Crippen LogP contribution in [0.1, 0.15) is 14.4 Å². The SMILES string of the molecule is C.C=O.CCOc1ccc(SNc2ccc(NSc3ccc([N+](=O)[O-])cc3)c3ccccc23)cc1.CCl.SS. The molecule has 0 atom stereocenters. The summed E-state index contributed by atoms with van der Waals surface area (Å²) >= 11 is 14.1. The van der Waals surface area contributed by atoms with Gasteiger partial charge in [0.25, 0.3) is 5.69 Å². The summed E-state index contributed by atoms with van der Waals surface area (Å²) in [6, 6.07) is 26.7.